The summed E-state index contributed by atoms with van der Waals surface area (Å²) >= 11 is 0. The second kappa shape index (κ2) is 9.94. The van der Waals surface area contributed by atoms with Crippen LogP contribution in [0.1, 0.15) is 35.7 Å². The van der Waals surface area contributed by atoms with E-state index in [4.69, 9.17) is 0 Å². The number of nitrogens with one attached hydrogen (secondary N) is 1. The highest BCUT2D eigenvalue weighted by Crippen LogP contribution is 2.36. The van der Waals surface area contributed by atoms with Crippen LogP contribution >= 0.6 is 0 Å². The molecule has 1 N–H and O–H groups in total. The van der Waals surface area contributed by atoms with Crippen molar-refractivity contribution in [3.8, 4) is 11.1 Å². The van der Waals surface area contributed by atoms with Gasteiger partial charge in [-0.05, 0) is 67.1 Å². The predicted molar refractivity (Wildman–Crippen MR) is 126 cm³/mol. The fourth-order valence-electron chi connectivity index (χ4n) is 4.65. The Balaban J connectivity index is 1.63. The topological polar surface area (TPSA) is 62.3 Å². The largest absolute Gasteiger partial charge is 0.356 e. The van der Waals surface area contributed by atoms with E-state index in [1.807, 2.05) is 37.3 Å². The van der Waals surface area contributed by atoms with Crippen molar-refractivity contribution >= 4 is 11.8 Å². The molecule has 6 heteroatoms. The van der Waals surface area contributed by atoms with Crippen LogP contribution in [0, 0.1) is 11.2 Å². The number of likely N-dealkylation sites (tertiary alicyclic amines) is 1. The molecule has 0 saturated carbocycles. The number of benzene rings is 2. The summed E-state index contributed by atoms with van der Waals surface area (Å²) in [7, 11) is 0. The minimum Gasteiger partial charge on any atom is -0.356 e. The molecule has 2 aromatic carbocycles. The molecule has 170 valence electrons. The number of carbonyl (C=O) groups is 2. The van der Waals surface area contributed by atoms with Crippen LogP contribution < -0.4 is 5.32 Å². The molecule has 3 aromatic rings. The SMILES string of the molecule is CCNC(=O)C1(Cc2cccc(-c3cccc(F)c3)c2)CCCN(C(=O)c2cccnc2)C1. The van der Waals surface area contributed by atoms with Crippen LogP contribution in [-0.4, -0.2) is 41.3 Å². The number of hydrogen-bond acceptors (Lipinski definition) is 3. The van der Waals surface area contributed by atoms with E-state index in [-0.39, 0.29) is 17.6 Å². The molecule has 1 atom stereocenters. The molecule has 0 radical (unpaired) electrons. The predicted octanol–water partition coefficient (Wildman–Crippen LogP) is 4.49. The second-order valence-corrected chi connectivity index (χ2v) is 8.60. The maximum Gasteiger partial charge on any atom is 0.255 e. The van der Waals surface area contributed by atoms with Crippen molar-refractivity contribution in [1.29, 1.82) is 0 Å². The minimum atomic E-state index is -0.729. The average Bonchev–Trinajstić information content (AvgIpc) is 2.84. The Morgan fingerprint density at radius 3 is 2.61 bits per heavy atom. The highest BCUT2D eigenvalue weighted by Gasteiger charge is 2.43. The lowest BCUT2D eigenvalue weighted by molar-refractivity contribution is -0.133. The molecule has 1 fully saturated rings. The van der Waals surface area contributed by atoms with E-state index in [1.54, 1.807) is 35.5 Å². The van der Waals surface area contributed by atoms with E-state index in [9.17, 15) is 14.0 Å². The first kappa shape index (κ1) is 22.6. The fourth-order valence-corrected chi connectivity index (χ4v) is 4.65. The summed E-state index contributed by atoms with van der Waals surface area (Å²) in [6.45, 7) is 3.38. The van der Waals surface area contributed by atoms with Gasteiger partial charge in [-0.3, -0.25) is 14.6 Å². The Morgan fingerprint density at radius 2 is 1.88 bits per heavy atom. The van der Waals surface area contributed by atoms with Gasteiger partial charge in [-0.15, -0.1) is 0 Å². The van der Waals surface area contributed by atoms with Crippen molar-refractivity contribution in [3.05, 3.63) is 90.0 Å². The second-order valence-electron chi connectivity index (χ2n) is 8.60. The van der Waals surface area contributed by atoms with Gasteiger partial charge >= 0.3 is 0 Å². The van der Waals surface area contributed by atoms with Gasteiger partial charge in [0.15, 0.2) is 0 Å². The standard InChI is InChI=1S/C27H28FN3O2/c1-2-30-26(33)27(12-6-14-31(19-27)25(32)23-10-5-13-29-18-23)17-20-7-3-8-21(15-20)22-9-4-11-24(28)16-22/h3-5,7-11,13,15-16,18H,2,6,12,14,17,19H2,1H3,(H,30,33). The number of carbonyl (C=O) groups excluding carboxylic acids is 2. The lowest BCUT2D eigenvalue weighted by Crippen LogP contribution is -2.54. The van der Waals surface area contributed by atoms with E-state index in [0.29, 0.717) is 38.0 Å². The molecule has 1 aliphatic heterocycles. The Morgan fingerprint density at radius 1 is 1.09 bits per heavy atom. The first-order chi connectivity index (χ1) is 16.0. The smallest absolute Gasteiger partial charge is 0.255 e. The van der Waals surface area contributed by atoms with Crippen molar-refractivity contribution in [3.63, 3.8) is 0 Å². The summed E-state index contributed by atoms with van der Waals surface area (Å²) < 4.78 is 13.7. The molecule has 33 heavy (non-hydrogen) atoms. The third-order valence-corrected chi connectivity index (χ3v) is 6.22. The average molecular weight is 446 g/mol. The Labute approximate surface area is 193 Å². The number of halogens is 1. The van der Waals surface area contributed by atoms with Crippen LogP contribution in [0.5, 0.6) is 0 Å². The van der Waals surface area contributed by atoms with Gasteiger partial charge in [0.1, 0.15) is 5.82 Å². The van der Waals surface area contributed by atoms with E-state index < -0.39 is 5.41 Å². The van der Waals surface area contributed by atoms with E-state index in [2.05, 4.69) is 10.3 Å². The van der Waals surface area contributed by atoms with Gasteiger partial charge < -0.3 is 10.2 Å². The molecule has 1 aromatic heterocycles. The zero-order chi connectivity index (χ0) is 23.3. The van der Waals surface area contributed by atoms with Crippen molar-refractivity contribution in [2.45, 2.75) is 26.2 Å². The number of piperidine rings is 1. The van der Waals surface area contributed by atoms with Gasteiger partial charge in [-0.25, -0.2) is 4.39 Å². The number of pyridine rings is 1. The molecule has 0 spiro atoms. The van der Waals surface area contributed by atoms with Crippen LogP contribution in [0.4, 0.5) is 4.39 Å². The summed E-state index contributed by atoms with van der Waals surface area (Å²) in [4.78, 5) is 32.3. The minimum absolute atomic E-state index is 0.0372. The Bertz CT molecular complexity index is 1130. The van der Waals surface area contributed by atoms with Crippen molar-refractivity contribution < 1.29 is 14.0 Å². The Hall–Kier alpha value is -3.54. The maximum absolute atomic E-state index is 13.7. The third-order valence-electron chi connectivity index (χ3n) is 6.22. The molecular weight excluding hydrogens is 417 g/mol. The quantitative estimate of drug-likeness (QED) is 0.608. The van der Waals surface area contributed by atoms with Crippen molar-refractivity contribution in [1.82, 2.24) is 15.2 Å². The summed E-state index contributed by atoms with van der Waals surface area (Å²) in [5.41, 5.74) is 2.47. The molecule has 2 amide bonds. The molecule has 1 aliphatic rings. The highest BCUT2D eigenvalue weighted by atomic mass is 19.1. The van der Waals surface area contributed by atoms with Crippen molar-refractivity contribution in [2.75, 3.05) is 19.6 Å². The Kier molecular flexibility index (Phi) is 6.82. The van der Waals surface area contributed by atoms with Gasteiger partial charge in [-0.2, -0.15) is 0 Å². The summed E-state index contributed by atoms with van der Waals surface area (Å²) in [6.07, 6.45) is 5.14. The molecule has 1 saturated heterocycles. The van der Waals surface area contributed by atoms with E-state index in [1.165, 1.54) is 12.1 Å². The van der Waals surface area contributed by atoms with Gasteiger partial charge in [0, 0.05) is 32.0 Å². The fraction of sp³-hybridized carbons (Fsp3) is 0.296. The molecule has 1 unspecified atom stereocenters. The number of nitrogens with zero attached hydrogens (tertiary/aromatic N) is 2. The first-order valence-corrected chi connectivity index (χ1v) is 11.3. The van der Waals surface area contributed by atoms with Crippen LogP contribution in [0.25, 0.3) is 11.1 Å². The van der Waals surface area contributed by atoms with Gasteiger partial charge in [0.2, 0.25) is 5.91 Å². The number of aromatic nitrogens is 1. The van der Waals surface area contributed by atoms with Gasteiger partial charge in [0.25, 0.3) is 5.91 Å². The lowest BCUT2D eigenvalue weighted by atomic mass is 9.73. The monoisotopic (exact) mass is 445 g/mol. The molecule has 5 nitrogen and oxygen atoms in total. The number of hydrogen-bond donors (Lipinski definition) is 1. The summed E-state index contributed by atoms with van der Waals surface area (Å²) in [5.74, 6) is -0.427. The third kappa shape index (κ3) is 5.11. The molecular formula is C27H28FN3O2. The molecule has 2 heterocycles. The zero-order valence-electron chi connectivity index (χ0n) is 18.8. The van der Waals surface area contributed by atoms with Gasteiger partial charge in [-0.1, -0.05) is 36.4 Å². The van der Waals surface area contributed by atoms with E-state index >= 15 is 0 Å². The zero-order valence-corrected chi connectivity index (χ0v) is 18.8. The normalized spacial score (nSPS) is 18.1. The lowest BCUT2D eigenvalue weighted by Gasteiger charge is -2.42. The first-order valence-electron chi connectivity index (χ1n) is 11.3. The van der Waals surface area contributed by atoms with Crippen LogP contribution in [0.2, 0.25) is 0 Å². The van der Waals surface area contributed by atoms with Crippen LogP contribution in [-0.2, 0) is 11.2 Å². The van der Waals surface area contributed by atoms with Gasteiger partial charge in [0.05, 0.1) is 11.0 Å². The summed E-state index contributed by atoms with van der Waals surface area (Å²) in [5, 5.41) is 2.99. The maximum atomic E-state index is 13.7. The molecule has 0 bridgehead atoms. The van der Waals surface area contributed by atoms with E-state index in [0.717, 1.165) is 23.1 Å². The summed E-state index contributed by atoms with van der Waals surface area (Å²) in [6, 6.07) is 17.9. The molecule has 0 aliphatic carbocycles. The van der Waals surface area contributed by atoms with Crippen LogP contribution in [0.3, 0.4) is 0 Å². The van der Waals surface area contributed by atoms with Crippen LogP contribution in [0.15, 0.2) is 73.1 Å². The molecule has 4 rings (SSSR count). The highest BCUT2D eigenvalue weighted by molar-refractivity contribution is 5.94. The number of amides is 2. The number of rotatable bonds is 6. The van der Waals surface area contributed by atoms with Crippen molar-refractivity contribution in [2.24, 2.45) is 5.41 Å².